The molecule has 0 aromatic heterocycles. The van der Waals surface area contributed by atoms with Gasteiger partial charge in [-0.1, -0.05) is 12.1 Å². The number of nitrogens with two attached hydrogens (primary N) is 1. The molecule has 2 N–H and O–H groups in total. The molecule has 2 unspecified atom stereocenters. The van der Waals surface area contributed by atoms with Crippen molar-refractivity contribution in [2.24, 2.45) is 5.73 Å². The largest absolute Gasteiger partial charge is 0.382 e. The first-order valence-electron chi connectivity index (χ1n) is 6.84. The van der Waals surface area contributed by atoms with Crippen molar-refractivity contribution in [3.8, 4) is 0 Å². The Morgan fingerprint density at radius 3 is 2.45 bits per heavy atom. The van der Waals surface area contributed by atoms with Crippen LogP contribution in [-0.2, 0) is 14.2 Å². The van der Waals surface area contributed by atoms with Gasteiger partial charge in [-0.05, 0) is 31.0 Å². The van der Waals surface area contributed by atoms with E-state index in [0.717, 1.165) is 12.0 Å². The lowest BCUT2D eigenvalue weighted by Crippen LogP contribution is -2.27. The summed E-state index contributed by atoms with van der Waals surface area (Å²) in [6.07, 6.45) is 0.684. The molecule has 0 radical (unpaired) electrons. The van der Waals surface area contributed by atoms with Gasteiger partial charge in [0.2, 0.25) is 0 Å². The summed E-state index contributed by atoms with van der Waals surface area (Å²) in [5.41, 5.74) is 6.94. The van der Waals surface area contributed by atoms with Crippen LogP contribution in [0, 0.1) is 5.82 Å². The van der Waals surface area contributed by atoms with Crippen molar-refractivity contribution in [1.82, 2.24) is 0 Å². The summed E-state index contributed by atoms with van der Waals surface area (Å²) in [5.74, 6) is -0.261. The molecule has 20 heavy (non-hydrogen) atoms. The van der Waals surface area contributed by atoms with Crippen LogP contribution in [0.25, 0.3) is 0 Å². The number of halogens is 1. The fourth-order valence-electron chi connectivity index (χ4n) is 1.73. The Morgan fingerprint density at radius 2 is 1.80 bits per heavy atom. The Kier molecular flexibility index (Phi) is 8.37. The average Bonchev–Trinajstić information content (AvgIpc) is 2.46. The van der Waals surface area contributed by atoms with Gasteiger partial charge in [0.25, 0.3) is 0 Å². The highest BCUT2D eigenvalue weighted by Crippen LogP contribution is 2.17. The minimum absolute atomic E-state index is 0.126. The van der Waals surface area contributed by atoms with E-state index in [9.17, 15) is 4.39 Å². The Balaban J connectivity index is 2.18. The van der Waals surface area contributed by atoms with E-state index in [1.54, 1.807) is 19.2 Å². The predicted molar refractivity (Wildman–Crippen MR) is 76.1 cm³/mol. The first-order valence-corrected chi connectivity index (χ1v) is 6.84. The highest BCUT2D eigenvalue weighted by Gasteiger charge is 2.15. The zero-order chi connectivity index (χ0) is 14.8. The summed E-state index contributed by atoms with van der Waals surface area (Å²) in [6, 6.07) is 5.93. The second kappa shape index (κ2) is 9.83. The number of hydrogen-bond donors (Lipinski definition) is 1. The molecule has 0 spiro atoms. The number of hydrogen-bond acceptors (Lipinski definition) is 4. The van der Waals surface area contributed by atoms with Crippen LogP contribution in [0.4, 0.5) is 4.39 Å². The maximum absolute atomic E-state index is 12.8. The third kappa shape index (κ3) is 6.43. The van der Waals surface area contributed by atoms with Gasteiger partial charge in [-0.15, -0.1) is 0 Å². The zero-order valence-corrected chi connectivity index (χ0v) is 12.2. The molecule has 114 valence electrons. The Bertz CT molecular complexity index is 359. The molecule has 0 aliphatic heterocycles. The molecule has 0 fully saturated rings. The second-order valence-corrected chi connectivity index (χ2v) is 4.61. The molecule has 1 aromatic rings. The van der Waals surface area contributed by atoms with E-state index in [0.29, 0.717) is 26.4 Å². The fourth-order valence-corrected chi connectivity index (χ4v) is 1.73. The molecular weight excluding hydrogens is 261 g/mol. The van der Waals surface area contributed by atoms with Gasteiger partial charge >= 0.3 is 0 Å². The Morgan fingerprint density at radius 1 is 1.10 bits per heavy atom. The highest BCUT2D eigenvalue weighted by molar-refractivity contribution is 5.20. The first kappa shape index (κ1) is 17.0. The maximum Gasteiger partial charge on any atom is 0.123 e. The van der Waals surface area contributed by atoms with Crippen LogP contribution in [0.1, 0.15) is 24.9 Å². The lowest BCUT2D eigenvalue weighted by atomic mass is 10.0. The molecule has 0 bridgehead atoms. The molecule has 0 heterocycles. The lowest BCUT2D eigenvalue weighted by molar-refractivity contribution is 0.0208. The Labute approximate surface area is 120 Å². The first-order chi connectivity index (χ1) is 9.65. The normalized spacial score (nSPS) is 14.2. The van der Waals surface area contributed by atoms with Crippen molar-refractivity contribution >= 4 is 0 Å². The molecular formula is C15H24FNO3. The van der Waals surface area contributed by atoms with Gasteiger partial charge < -0.3 is 19.9 Å². The molecule has 0 aliphatic carbocycles. The summed E-state index contributed by atoms with van der Waals surface area (Å²) < 4.78 is 28.7. The smallest absolute Gasteiger partial charge is 0.123 e. The number of methoxy groups -OCH3 is 1. The third-order valence-electron chi connectivity index (χ3n) is 3.01. The van der Waals surface area contributed by atoms with E-state index in [1.807, 2.05) is 6.92 Å². The Hall–Kier alpha value is -1.01. The van der Waals surface area contributed by atoms with Gasteiger partial charge in [-0.25, -0.2) is 4.39 Å². The zero-order valence-electron chi connectivity index (χ0n) is 12.2. The van der Waals surface area contributed by atoms with Crippen LogP contribution in [0.15, 0.2) is 24.3 Å². The molecule has 1 aromatic carbocycles. The third-order valence-corrected chi connectivity index (χ3v) is 3.01. The fraction of sp³-hybridized carbons (Fsp3) is 0.600. The van der Waals surface area contributed by atoms with E-state index in [-0.39, 0.29) is 18.0 Å². The molecule has 0 saturated carbocycles. The molecule has 0 saturated heterocycles. The SMILES string of the molecule is COCCOCCCOC(C)C(N)c1ccc(F)cc1. The van der Waals surface area contributed by atoms with E-state index in [4.69, 9.17) is 19.9 Å². The van der Waals surface area contributed by atoms with Gasteiger partial charge in [-0.3, -0.25) is 0 Å². The van der Waals surface area contributed by atoms with Crippen molar-refractivity contribution in [2.75, 3.05) is 33.5 Å². The summed E-state index contributed by atoms with van der Waals surface area (Å²) >= 11 is 0. The molecule has 0 aliphatic rings. The van der Waals surface area contributed by atoms with Crippen molar-refractivity contribution in [2.45, 2.75) is 25.5 Å². The molecule has 4 nitrogen and oxygen atoms in total. The quantitative estimate of drug-likeness (QED) is 0.670. The van der Waals surface area contributed by atoms with Crippen LogP contribution in [0.5, 0.6) is 0 Å². The van der Waals surface area contributed by atoms with E-state index in [1.165, 1.54) is 12.1 Å². The van der Waals surface area contributed by atoms with Crippen LogP contribution in [0.2, 0.25) is 0 Å². The van der Waals surface area contributed by atoms with Gasteiger partial charge in [0.05, 0.1) is 25.4 Å². The average molecular weight is 285 g/mol. The van der Waals surface area contributed by atoms with Crippen molar-refractivity contribution in [1.29, 1.82) is 0 Å². The molecule has 0 amide bonds. The summed E-state index contributed by atoms with van der Waals surface area (Å²) in [7, 11) is 1.64. The maximum atomic E-state index is 12.8. The molecule has 2 atom stereocenters. The molecule has 5 heteroatoms. The second-order valence-electron chi connectivity index (χ2n) is 4.61. The topological polar surface area (TPSA) is 53.7 Å². The monoisotopic (exact) mass is 285 g/mol. The van der Waals surface area contributed by atoms with Crippen LogP contribution < -0.4 is 5.73 Å². The van der Waals surface area contributed by atoms with E-state index < -0.39 is 0 Å². The number of rotatable bonds is 10. The van der Waals surface area contributed by atoms with Crippen LogP contribution in [0.3, 0.4) is 0 Å². The van der Waals surface area contributed by atoms with Crippen LogP contribution >= 0.6 is 0 Å². The van der Waals surface area contributed by atoms with Crippen molar-refractivity contribution < 1.29 is 18.6 Å². The minimum atomic E-state index is -0.261. The summed E-state index contributed by atoms with van der Waals surface area (Å²) in [6.45, 7) is 4.35. The number of ether oxygens (including phenoxy) is 3. The van der Waals surface area contributed by atoms with E-state index >= 15 is 0 Å². The van der Waals surface area contributed by atoms with Crippen LogP contribution in [-0.4, -0.2) is 39.6 Å². The van der Waals surface area contributed by atoms with Crippen molar-refractivity contribution in [3.63, 3.8) is 0 Å². The summed E-state index contributed by atoms with van der Waals surface area (Å²) in [4.78, 5) is 0. The van der Waals surface area contributed by atoms with Gasteiger partial charge in [0.1, 0.15) is 5.82 Å². The van der Waals surface area contributed by atoms with Gasteiger partial charge in [-0.2, -0.15) is 0 Å². The minimum Gasteiger partial charge on any atom is -0.382 e. The number of benzene rings is 1. The lowest BCUT2D eigenvalue weighted by Gasteiger charge is -2.21. The standard InChI is InChI=1S/C15H24FNO3/c1-12(20-9-3-8-19-11-10-18-2)15(17)13-4-6-14(16)7-5-13/h4-7,12,15H,3,8-11,17H2,1-2H3. The molecule has 1 rings (SSSR count). The highest BCUT2D eigenvalue weighted by atomic mass is 19.1. The van der Waals surface area contributed by atoms with Gasteiger partial charge in [0.15, 0.2) is 0 Å². The van der Waals surface area contributed by atoms with Gasteiger partial charge in [0, 0.05) is 20.3 Å². The van der Waals surface area contributed by atoms with E-state index in [2.05, 4.69) is 0 Å². The summed E-state index contributed by atoms with van der Waals surface area (Å²) in [5, 5.41) is 0. The predicted octanol–water partition coefficient (Wildman–Crippen LogP) is 2.28. The van der Waals surface area contributed by atoms with Crippen molar-refractivity contribution in [3.05, 3.63) is 35.6 Å².